The molecule has 0 fully saturated rings. The number of aromatic nitrogens is 1. The van der Waals surface area contributed by atoms with Gasteiger partial charge in [-0.3, -0.25) is 10.1 Å². The molecular weight excluding hydrogens is 234 g/mol. The zero-order chi connectivity index (χ0) is 13.8. The lowest BCUT2D eigenvalue weighted by Crippen LogP contribution is -2.22. The highest BCUT2D eigenvalue weighted by atomic mass is 16.6. The van der Waals surface area contributed by atoms with Crippen LogP contribution in [0.1, 0.15) is 27.2 Å². The van der Waals surface area contributed by atoms with Crippen molar-refractivity contribution in [2.24, 2.45) is 11.3 Å². The molecule has 18 heavy (non-hydrogen) atoms. The van der Waals surface area contributed by atoms with Gasteiger partial charge in [0.25, 0.3) is 5.69 Å². The van der Waals surface area contributed by atoms with E-state index in [0.29, 0.717) is 12.4 Å². The van der Waals surface area contributed by atoms with Crippen LogP contribution in [0.15, 0.2) is 12.1 Å². The van der Waals surface area contributed by atoms with E-state index in [4.69, 9.17) is 5.84 Å². The van der Waals surface area contributed by atoms with E-state index < -0.39 is 4.92 Å². The Balaban J connectivity index is 2.88. The van der Waals surface area contributed by atoms with Crippen LogP contribution < -0.4 is 16.6 Å². The van der Waals surface area contributed by atoms with Crippen molar-refractivity contribution in [2.75, 3.05) is 17.3 Å². The van der Waals surface area contributed by atoms with Crippen LogP contribution in [0.25, 0.3) is 0 Å². The first kappa shape index (κ1) is 14.2. The fraction of sp³-hybridized carbons (Fsp3) is 0.545. The van der Waals surface area contributed by atoms with Crippen LogP contribution in [0.3, 0.4) is 0 Å². The molecule has 1 aromatic rings. The molecule has 7 nitrogen and oxygen atoms in total. The van der Waals surface area contributed by atoms with Gasteiger partial charge in [-0.25, -0.2) is 10.8 Å². The third kappa shape index (κ3) is 3.85. The Kier molecular flexibility index (Phi) is 4.43. The van der Waals surface area contributed by atoms with E-state index in [1.165, 1.54) is 12.1 Å². The van der Waals surface area contributed by atoms with Crippen molar-refractivity contribution in [1.82, 2.24) is 4.98 Å². The number of rotatable bonds is 6. The Bertz CT molecular complexity index is 433. The van der Waals surface area contributed by atoms with Crippen molar-refractivity contribution in [2.45, 2.75) is 27.2 Å². The molecule has 0 aliphatic carbocycles. The van der Waals surface area contributed by atoms with Gasteiger partial charge < -0.3 is 10.7 Å². The minimum atomic E-state index is -0.474. The SMILES string of the molecule is CCC(C)(C)CNc1cc([N+](=O)[O-])cc(NN)n1. The van der Waals surface area contributed by atoms with Crippen molar-refractivity contribution in [3.05, 3.63) is 22.2 Å². The number of nitrogens with zero attached hydrogens (tertiary/aromatic N) is 2. The number of nitrogen functional groups attached to an aromatic ring is 1. The van der Waals surface area contributed by atoms with Gasteiger partial charge in [-0.15, -0.1) is 0 Å². The molecule has 1 aromatic heterocycles. The Morgan fingerprint density at radius 1 is 1.44 bits per heavy atom. The van der Waals surface area contributed by atoms with Gasteiger partial charge in [0.05, 0.1) is 17.1 Å². The molecule has 0 aromatic carbocycles. The third-order valence-electron chi connectivity index (χ3n) is 2.87. The number of hydrogen-bond donors (Lipinski definition) is 3. The monoisotopic (exact) mass is 253 g/mol. The second-order valence-corrected chi connectivity index (χ2v) is 4.87. The van der Waals surface area contributed by atoms with E-state index in [0.717, 1.165) is 6.42 Å². The lowest BCUT2D eigenvalue weighted by molar-refractivity contribution is -0.384. The molecule has 0 saturated carbocycles. The maximum Gasteiger partial charge on any atom is 0.276 e. The molecule has 1 rings (SSSR count). The first-order valence-electron chi connectivity index (χ1n) is 5.75. The summed E-state index contributed by atoms with van der Waals surface area (Å²) in [6, 6.07) is 2.68. The van der Waals surface area contributed by atoms with Crippen molar-refractivity contribution in [3.8, 4) is 0 Å². The summed E-state index contributed by atoms with van der Waals surface area (Å²) < 4.78 is 0. The lowest BCUT2D eigenvalue weighted by atomic mass is 9.90. The van der Waals surface area contributed by atoms with Gasteiger partial charge in [0.1, 0.15) is 11.6 Å². The normalized spacial score (nSPS) is 11.1. The molecule has 0 aliphatic rings. The number of nitrogens with two attached hydrogens (primary N) is 1. The van der Waals surface area contributed by atoms with Crippen LogP contribution in [-0.4, -0.2) is 16.5 Å². The highest BCUT2D eigenvalue weighted by Gasteiger charge is 2.16. The fourth-order valence-corrected chi connectivity index (χ4v) is 1.24. The third-order valence-corrected chi connectivity index (χ3v) is 2.87. The number of pyridine rings is 1. The van der Waals surface area contributed by atoms with Crippen molar-refractivity contribution in [1.29, 1.82) is 0 Å². The van der Waals surface area contributed by atoms with Gasteiger partial charge in [-0.1, -0.05) is 20.8 Å². The highest BCUT2D eigenvalue weighted by Crippen LogP contribution is 2.23. The molecule has 0 saturated heterocycles. The average molecular weight is 253 g/mol. The summed E-state index contributed by atoms with van der Waals surface area (Å²) in [6.45, 7) is 7.00. The topological polar surface area (TPSA) is 106 Å². The van der Waals surface area contributed by atoms with Gasteiger partial charge >= 0.3 is 0 Å². The molecule has 100 valence electrons. The zero-order valence-corrected chi connectivity index (χ0v) is 10.9. The Morgan fingerprint density at radius 2 is 2.06 bits per heavy atom. The van der Waals surface area contributed by atoms with E-state index in [1.807, 2.05) is 0 Å². The van der Waals surface area contributed by atoms with Crippen LogP contribution >= 0.6 is 0 Å². The van der Waals surface area contributed by atoms with Gasteiger partial charge in [0.2, 0.25) is 0 Å². The summed E-state index contributed by atoms with van der Waals surface area (Å²) in [5, 5.41) is 13.9. The van der Waals surface area contributed by atoms with E-state index in [2.05, 4.69) is 36.5 Å². The van der Waals surface area contributed by atoms with Crippen LogP contribution in [0.4, 0.5) is 17.3 Å². The molecule has 0 spiro atoms. The standard InChI is InChI=1S/C11H19N5O2/c1-4-11(2,3)7-13-9-5-8(16(17)18)6-10(14-9)15-12/h5-6H,4,7,12H2,1-3H3,(H2,13,14,15). The Hall–Kier alpha value is -1.89. The highest BCUT2D eigenvalue weighted by molar-refractivity contribution is 5.54. The Labute approximate surface area is 106 Å². The van der Waals surface area contributed by atoms with E-state index in [-0.39, 0.29) is 16.9 Å². The fourth-order valence-electron chi connectivity index (χ4n) is 1.24. The van der Waals surface area contributed by atoms with Gasteiger partial charge in [-0.05, 0) is 11.8 Å². The first-order chi connectivity index (χ1) is 8.38. The van der Waals surface area contributed by atoms with Crippen LogP contribution in [0, 0.1) is 15.5 Å². The predicted molar refractivity (Wildman–Crippen MR) is 71.3 cm³/mol. The maximum absolute atomic E-state index is 10.8. The second-order valence-electron chi connectivity index (χ2n) is 4.87. The molecular formula is C11H19N5O2. The molecule has 0 bridgehead atoms. The number of anilines is 2. The molecule has 0 amide bonds. The minimum absolute atomic E-state index is 0.0465. The average Bonchev–Trinajstić information content (AvgIpc) is 2.36. The molecule has 0 atom stereocenters. The van der Waals surface area contributed by atoms with Crippen LogP contribution in [0.5, 0.6) is 0 Å². The Morgan fingerprint density at radius 3 is 2.56 bits per heavy atom. The van der Waals surface area contributed by atoms with E-state index in [9.17, 15) is 10.1 Å². The summed E-state index contributed by atoms with van der Waals surface area (Å²) in [6.07, 6.45) is 0.997. The summed E-state index contributed by atoms with van der Waals surface area (Å²) >= 11 is 0. The zero-order valence-electron chi connectivity index (χ0n) is 10.9. The molecule has 0 unspecified atom stereocenters. The van der Waals surface area contributed by atoms with Crippen molar-refractivity contribution < 1.29 is 4.92 Å². The summed E-state index contributed by atoms with van der Waals surface area (Å²) in [5.74, 6) is 5.94. The molecule has 1 heterocycles. The summed E-state index contributed by atoms with van der Waals surface area (Å²) in [5.41, 5.74) is 2.37. The number of hydrazine groups is 1. The number of nitro groups is 1. The van der Waals surface area contributed by atoms with Crippen LogP contribution in [0.2, 0.25) is 0 Å². The minimum Gasteiger partial charge on any atom is -0.369 e. The van der Waals surface area contributed by atoms with Crippen molar-refractivity contribution >= 4 is 17.3 Å². The maximum atomic E-state index is 10.8. The number of nitrogens with one attached hydrogen (secondary N) is 2. The second kappa shape index (κ2) is 5.63. The van der Waals surface area contributed by atoms with Crippen molar-refractivity contribution in [3.63, 3.8) is 0 Å². The summed E-state index contributed by atoms with van der Waals surface area (Å²) in [4.78, 5) is 14.4. The molecule has 7 heteroatoms. The summed E-state index contributed by atoms with van der Waals surface area (Å²) in [7, 11) is 0. The molecule has 4 N–H and O–H groups in total. The van der Waals surface area contributed by atoms with Crippen LogP contribution in [-0.2, 0) is 0 Å². The quantitative estimate of drug-likeness (QED) is 0.407. The first-order valence-corrected chi connectivity index (χ1v) is 5.75. The largest absolute Gasteiger partial charge is 0.369 e. The van der Waals surface area contributed by atoms with E-state index >= 15 is 0 Å². The van der Waals surface area contributed by atoms with Gasteiger partial charge in [-0.2, -0.15) is 0 Å². The molecule has 0 radical (unpaired) electrons. The van der Waals surface area contributed by atoms with Gasteiger partial charge in [0, 0.05) is 6.54 Å². The predicted octanol–water partition coefficient (Wildman–Crippen LogP) is 2.12. The smallest absolute Gasteiger partial charge is 0.276 e. The molecule has 0 aliphatic heterocycles. The van der Waals surface area contributed by atoms with E-state index in [1.54, 1.807) is 0 Å². The number of hydrogen-bond acceptors (Lipinski definition) is 6. The lowest BCUT2D eigenvalue weighted by Gasteiger charge is -2.23. The van der Waals surface area contributed by atoms with Gasteiger partial charge in [0.15, 0.2) is 0 Å².